The summed E-state index contributed by atoms with van der Waals surface area (Å²) in [5.41, 5.74) is 5.66. The predicted octanol–water partition coefficient (Wildman–Crippen LogP) is 2.05. The summed E-state index contributed by atoms with van der Waals surface area (Å²) in [5, 5.41) is 17.8. The van der Waals surface area contributed by atoms with Crippen LogP contribution in [0.25, 0.3) is 0 Å². The summed E-state index contributed by atoms with van der Waals surface area (Å²) >= 11 is 0. The summed E-state index contributed by atoms with van der Waals surface area (Å²) in [4.78, 5) is 11.1. The SMILES string of the molecule is COc1cc(N)c(C(=O)O)cc1OCC1(CC#N)CC1. The Balaban J connectivity index is 2.20. The second-order valence-corrected chi connectivity index (χ2v) is 5.02. The molecule has 1 saturated carbocycles. The molecule has 6 nitrogen and oxygen atoms in total. The zero-order valence-electron chi connectivity index (χ0n) is 11.2. The van der Waals surface area contributed by atoms with Gasteiger partial charge in [0, 0.05) is 24.0 Å². The van der Waals surface area contributed by atoms with Gasteiger partial charge in [-0.3, -0.25) is 0 Å². The van der Waals surface area contributed by atoms with Gasteiger partial charge in [0.15, 0.2) is 11.5 Å². The Morgan fingerprint density at radius 3 is 2.70 bits per heavy atom. The highest BCUT2D eigenvalue weighted by Gasteiger charge is 2.43. The minimum atomic E-state index is -1.12. The van der Waals surface area contributed by atoms with Crippen LogP contribution >= 0.6 is 0 Å². The fraction of sp³-hybridized carbons (Fsp3) is 0.429. The number of carbonyl (C=O) groups is 1. The van der Waals surface area contributed by atoms with E-state index in [9.17, 15) is 4.79 Å². The van der Waals surface area contributed by atoms with Crippen LogP contribution < -0.4 is 15.2 Å². The number of nitriles is 1. The maximum Gasteiger partial charge on any atom is 0.337 e. The van der Waals surface area contributed by atoms with E-state index in [1.54, 1.807) is 0 Å². The number of ether oxygens (including phenoxy) is 2. The van der Waals surface area contributed by atoms with Gasteiger partial charge in [0.25, 0.3) is 0 Å². The Labute approximate surface area is 116 Å². The second-order valence-electron chi connectivity index (χ2n) is 5.02. The van der Waals surface area contributed by atoms with Gasteiger partial charge >= 0.3 is 5.97 Å². The summed E-state index contributed by atoms with van der Waals surface area (Å²) < 4.78 is 10.8. The van der Waals surface area contributed by atoms with E-state index in [-0.39, 0.29) is 16.7 Å². The summed E-state index contributed by atoms with van der Waals surface area (Å²) in [5.74, 6) is -0.392. The minimum Gasteiger partial charge on any atom is -0.493 e. The molecular formula is C14H16N2O4. The highest BCUT2D eigenvalue weighted by atomic mass is 16.5. The van der Waals surface area contributed by atoms with E-state index in [0.717, 1.165) is 12.8 Å². The molecule has 6 heteroatoms. The number of nitrogens with zero attached hydrogens (tertiary/aromatic N) is 1. The number of carboxylic acid groups (broad SMARTS) is 1. The third kappa shape index (κ3) is 2.77. The Morgan fingerprint density at radius 2 is 2.20 bits per heavy atom. The van der Waals surface area contributed by atoms with Gasteiger partial charge in [-0.2, -0.15) is 5.26 Å². The van der Waals surface area contributed by atoms with Gasteiger partial charge in [-0.25, -0.2) is 4.79 Å². The Hall–Kier alpha value is -2.42. The average Bonchev–Trinajstić information content (AvgIpc) is 3.17. The third-order valence-electron chi connectivity index (χ3n) is 3.51. The molecule has 0 atom stereocenters. The van der Waals surface area contributed by atoms with Gasteiger partial charge in [-0.1, -0.05) is 0 Å². The molecular weight excluding hydrogens is 260 g/mol. The molecule has 0 unspecified atom stereocenters. The molecule has 2 rings (SSSR count). The maximum atomic E-state index is 11.1. The number of nitrogens with two attached hydrogens (primary N) is 1. The van der Waals surface area contributed by atoms with Crippen molar-refractivity contribution in [3.63, 3.8) is 0 Å². The lowest BCUT2D eigenvalue weighted by Crippen LogP contribution is -2.13. The lowest BCUT2D eigenvalue weighted by atomic mass is 10.1. The van der Waals surface area contributed by atoms with Gasteiger partial charge in [-0.15, -0.1) is 0 Å². The average molecular weight is 276 g/mol. The molecule has 0 amide bonds. The molecule has 3 N–H and O–H groups in total. The lowest BCUT2D eigenvalue weighted by Gasteiger charge is -2.16. The first-order chi connectivity index (χ1) is 9.51. The van der Waals surface area contributed by atoms with Crippen molar-refractivity contribution in [1.82, 2.24) is 0 Å². The summed E-state index contributed by atoms with van der Waals surface area (Å²) in [7, 11) is 1.46. The van der Waals surface area contributed by atoms with Crippen molar-refractivity contribution in [3.8, 4) is 17.6 Å². The van der Waals surface area contributed by atoms with E-state index in [0.29, 0.717) is 24.5 Å². The van der Waals surface area contributed by atoms with E-state index in [1.807, 2.05) is 0 Å². The number of nitrogen functional groups attached to an aromatic ring is 1. The second kappa shape index (κ2) is 5.29. The lowest BCUT2D eigenvalue weighted by molar-refractivity contribution is 0.0697. The predicted molar refractivity (Wildman–Crippen MR) is 71.8 cm³/mol. The number of methoxy groups -OCH3 is 1. The van der Waals surface area contributed by atoms with Crippen molar-refractivity contribution in [2.75, 3.05) is 19.5 Å². The van der Waals surface area contributed by atoms with E-state index in [4.69, 9.17) is 25.6 Å². The Kier molecular flexibility index (Phi) is 3.70. The van der Waals surface area contributed by atoms with Crippen LogP contribution in [0.15, 0.2) is 12.1 Å². The van der Waals surface area contributed by atoms with Crippen LogP contribution in [0.2, 0.25) is 0 Å². The summed E-state index contributed by atoms with van der Waals surface area (Å²) in [6.45, 7) is 0.375. The molecule has 1 aliphatic rings. The van der Waals surface area contributed by atoms with Gasteiger partial charge in [0.05, 0.1) is 31.0 Å². The van der Waals surface area contributed by atoms with Crippen LogP contribution in [0.1, 0.15) is 29.6 Å². The fourth-order valence-corrected chi connectivity index (χ4v) is 1.98. The molecule has 0 aromatic heterocycles. The number of aromatic carboxylic acids is 1. The molecule has 0 heterocycles. The Bertz CT molecular complexity index is 573. The molecule has 0 radical (unpaired) electrons. The monoisotopic (exact) mass is 276 g/mol. The number of carboxylic acids is 1. The van der Waals surface area contributed by atoms with Crippen LogP contribution in [-0.2, 0) is 0 Å². The van der Waals surface area contributed by atoms with Gasteiger partial charge in [-0.05, 0) is 12.8 Å². The number of rotatable bonds is 6. The van der Waals surface area contributed by atoms with Crippen LogP contribution in [0, 0.1) is 16.7 Å². The summed E-state index contributed by atoms with van der Waals surface area (Å²) in [6.07, 6.45) is 2.34. The molecule has 1 fully saturated rings. The molecule has 106 valence electrons. The molecule has 0 aliphatic heterocycles. The number of hydrogen-bond donors (Lipinski definition) is 2. The molecule has 0 saturated heterocycles. The maximum absolute atomic E-state index is 11.1. The highest BCUT2D eigenvalue weighted by molar-refractivity contribution is 5.94. The number of benzene rings is 1. The molecule has 1 aromatic carbocycles. The Morgan fingerprint density at radius 1 is 1.50 bits per heavy atom. The first-order valence-electron chi connectivity index (χ1n) is 6.22. The molecule has 0 spiro atoms. The van der Waals surface area contributed by atoms with Gasteiger partial charge in [0.1, 0.15) is 0 Å². The highest BCUT2D eigenvalue weighted by Crippen LogP contribution is 2.49. The van der Waals surface area contributed by atoms with Crippen molar-refractivity contribution < 1.29 is 19.4 Å². The van der Waals surface area contributed by atoms with Crippen molar-refractivity contribution in [2.24, 2.45) is 5.41 Å². The normalized spacial score (nSPS) is 15.2. The smallest absolute Gasteiger partial charge is 0.337 e. The zero-order valence-corrected chi connectivity index (χ0v) is 11.2. The quantitative estimate of drug-likeness (QED) is 0.770. The van der Waals surface area contributed by atoms with Crippen LogP contribution in [0.3, 0.4) is 0 Å². The fourth-order valence-electron chi connectivity index (χ4n) is 1.98. The van der Waals surface area contributed by atoms with E-state index in [2.05, 4.69) is 6.07 Å². The molecule has 20 heavy (non-hydrogen) atoms. The molecule has 0 bridgehead atoms. The van der Waals surface area contributed by atoms with Crippen LogP contribution in [0.5, 0.6) is 11.5 Å². The van der Waals surface area contributed by atoms with Crippen LogP contribution in [-0.4, -0.2) is 24.8 Å². The van der Waals surface area contributed by atoms with Crippen molar-refractivity contribution >= 4 is 11.7 Å². The third-order valence-corrected chi connectivity index (χ3v) is 3.51. The van der Waals surface area contributed by atoms with Crippen molar-refractivity contribution in [2.45, 2.75) is 19.3 Å². The molecule has 1 aliphatic carbocycles. The van der Waals surface area contributed by atoms with E-state index in [1.165, 1.54) is 19.2 Å². The van der Waals surface area contributed by atoms with Gasteiger partial charge < -0.3 is 20.3 Å². The topological polar surface area (TPSA) is 106 Å². The standard InChI is InChI=1S/C14H16N2O4/c1-19-11-7-10(16)9(13(17)18)6-12(11)20-8-14(2-3-14)4-5-15/h6-7H,2-4,8,16H2,1H3,(H,17,18). The number of hydrogen-bond acceptors (Lipinski definition) is 5. The van der Waals surface area contributed by atoms with E-state index < -0.39 is 5.97 Å². The van der Waals surface area contributed by atoms with Crippen molar-refractivity contribution in [3.05, 3.63) is 17.7 Å². The minimum absolute atomic E-state index is 0.0223. The van der Waals surface area contributed by atoms with Crippen LogP contribution in [0.4, 0.5) is 5.69 Å². The van der Waals surface area contributed by atoms with E-state index >= 15 is 0 Å². The first kappa shape index (κ1) is 14.0. The zero-order chi connectivity index (χ0) is 14.8. The first-order valence-corrected chi connectivity index (χ1v) is 6.22. The largest absolute Gasteiger partial charge is 0.493 e. The van der Waals surface area contributed by atoms with Crippen molar-refractivity contribution in [1.29, 1.82) is 5.26 Å². The summed E-state index contributed by atoms with van der Waals surface area (Å²) in [6, 6.07) is 4.94. The molecule has 1 aromatic rings. The van der Waals surface area contributed by atoms with Gasteiger partial charge in [0.2, 0.25) is 0 Å². The number of anilines is 1.